The lowest BCUT2D eigenvalue weighted by atomic mass is 9.81. The van der Waals surface area contributed by atoms with Crippen molar-refractivity contribution in [2.45, 2.75) is 50.5 Å². The zero-order chi connectivity index (χ0) is 15.3. The van der Waals surface area contributed by atoms with Crippen LogP contribution in [0.1, 0.15) is 50.7 Å². The molecule has 1 aromatic heterocycles. The van der Waals surface area contributed by atoms with Gasteiger partial charge in [0, 0.05) is 6.26 Å². The van der Waals surface area contributed by atoms with Crippen molar-refractivity contribution in [3.63, 3.8) is 0 Å². The standard InChI is InChI=1S/C14H24N2O3S2/c1-11-4-3-5-12(8-11)6-7-20-9-14-15-13(16-19-14)10-21(2,17)18/h11-12H,3-10H2,1-2H3/t11-,12-/m0/s1. The van der Waals surface area contributed by atoms with Crippen molar-refractivity contribution in [2.75, 3.05) is 12.0 Å². The van der Waals surface area contributed by atoms with Gasteiger partial charge in [-0.15, -0.1) is 0 Å². The van der Waals surface area contributed by atoms with E-state index in [1.54, 1.807) is 11.8 Å². The highest BCUT2D eigenvalue weighted by atomic mass is 32.2. The summed E-state index contributed by atoms with van der Waals surface area (Å²) in [6.07, 6.45) is 7.90. The molecule has 2 atom stereocenters. The first-order valence-corrected chi connectivity index (χ1v) is 10.7. The Morgan fingerprint density at radius 3 is 2.90 bits per heavy atom. The third-order valence-electron chi connectivity index (χ3n) is 3.84. The molecule has 1 aromatic rings. The predicted molar refractivity (Wildman–Crippen MR) is 84.7 cm³/mol. The lowest BCUT2D eigenvalue weighted by Crippen LogP contribution is -2.13. The summed E-state index contributed by atoms with van der Waals surface area (Å²) < 4.78 is 27.4. The van der Waals surface area contributed by atoms with E-state index in [9.17, 15) is 8.42 Å². The van der Waals surface area contributed by atoms with Crippen molar-refractivity contribution < 1.29 is 12.9 Å². The van der Waals surface area contributed by atoms with Crippen molar-refractivity contribution in [1.29, 1.82) is 0 Å². The van der Waals surface area contributed by atoms with Crippen molar-refractivity contribution in [3.8, 4) is 0 Å². The second-order valence-electron chi connectivity index (χ2n) is 6.15. The molecule has 0 aliphatic heterocycles. The number of nitrogens with zero attached hydrogens (tertiary/aromatic N) is 2. The van der Waals surface area contributed by atoms with Gasteiger partial charge in [-0.1, -0.05) is 31.3 Å². The van der Waals surface area contributed by atoms with Gasteiger partial charge in [0.2, 0.25) is 5.89 Å². The molecule has 0 N–H and O–H groups in total. The maximum absolute atomic E-state index is 11.1. The topological polar surface area (TPSA) is 73.1 Å². The second-order valence-corrected chi connectivity index (χ2v) is 9.40. The SMILES string of the molecule is C[C@H]1CCC[C@@H](CCSCc2nc(CS(C)(=O)=O)no2)C1. The number of hydrogen-bond donors (Lipinski definition) is 0. The Labute approximate surface area is 131 Å². The molecule has 120 valence electrons. The van der Waals surface area contributed by atoms with E-state index in [1.807, 2.05) is 0 Å². The van der Waals surface area contributed by atoms with Crippen LogP contribution in [0.3, 0.4) is 0 Å². The van der Waals surface area contributed by atoms with Gasteiger partial charge >= 0.3 is 0 Å². The van der Waals surface area contributed by atoms with Crippen LogP contribution in [0.4, 0.5) is 0 Å². The molecule has 0 amide bonds. The van der Waals surface area contributed by atoms with Crippen LogP contribution in [0, 0.1) is 11.8 Å². The fourth-order valence-electron chi connectivity index (χ4n) is 2.87. The van der Waals surface area contributed by atoms with Crippen molar-refractivity contribution in [1.82, 2.24) is 10.1 Å². The Morgan fingerprint density at radius 2 is 2.19 bits per heavy atom. The summed E-state index contributed by atoms with van der Waals surface area (Å²) in [5, 5.41) is 3.70. The molecular weight excluding hydrogens is 308 g/mol. The third kappa shape index (κ3) is 6.38. The van der Waals surface area contributed by atoms with Gasteiger partial charge in [-0.2, -0.15) is 16.7 Å². The van der Waals surface area contributed by atoms with Crippen LogP contribution in [0.25, 0.3) is 0 Å². The minimum atomic E-state index is -3.10. The fourth-order valence-corrected chi connectivity index (χ4v) is 4.40. The number of aromatic nitrogens is 2. The average molecular weight is 332 g/mol. The van der Waals surface area contributed by atoms with E-state index in [0.717, 1.165) is 17.6 Å². The molecule has 1 fully saturated rings. The first-order valence-electron chi connectivity index (χ1n) is 7.49. The van der Waals surface area contributed by atoms with Crippen LogP contribution in [-0.4, -0.2) is 30.6 Å². The first-order chi connectivity index (χ1) is 9.92. The van der Waals surface area contributed by atoms with Gasteiger partial charge in [0.25, 0.3) is 0 Å². The van der Waals surface area contributed by atoms with Gasteiger partial charge in [-0.25, -0.2) is 8.42 Å². The Morgan fingerprint density at radius 1 is 1.38 bits per heavy atom. The summed E-state index contributed by atoms with van der Waals surface area (Å²) >= 11 is 1.79. The normalized spacial score (nSPS) is 23.3. The molecular formula is C14H24N2O3S2. The minimum absolute atomic E-state index is 0.152. The molecule has 0 spiro atoms. The molecule has 0 bridgehead atoms. The first kappa shape index (κ1) is 16.8. The number of rotatable bonds is 7. The Balaban J connectivity index is 1.67. The van der Waals surface area contributed by atoms with E-state index in [2.05, 4.69) is 17.1 Å². The molecule has 7 heteroatoms. The number of sulfone groups is 1. The monoisotopic (exact) mass is 332 g/mol. The zero-order valence-electron chi connectivity index (χ0n) is 12.7. The van der Waals surface area contributed by atoms with Crippen molar-refractivity contribution >= 4 is 21.6 Å². The van der Waals surface area contributed by atoms with E-state index in [1.165, 1.54) is 38.4 Å². The van der Waals surface area contributed by atoms with E-state index < -0.39 is 9.84 Å². The molecule has 1 saturated carbocycles. The van der Waals surface area contributed by atoms with E-state index in [0.29, 0.717) is 11.6 Å². The Hall–Kier alpha value is -0.560. The van der Waals surface area contributed by atoms with Gasteiger partial charge in [0.05, 0.1) is 5.75 Å². The molecule has 1 heterocycles. The fraction of sp³-hybridized carbons (Fsp3) is 0.857. The Bertz CT molecular complexity index is 542. The second kappa shape index (κ2) is 7.63. The molecule has 0 saturated heterocycles. The van der Waals surface area contributed by atoms with Gasteiger partial charge in [0.1, 0.15) is 5.75 Å². The number of thioether (sulfide) groups is 1. The molecule has 1 aliphatic carbocycles. The number of hydrogen-bond acceptors (Lipinski definition) is 6. The molecule has 2 rings (SSSR count). The van der Waals surface area contributed by atoms with Gasteiger partial charge < -0.3 is 4.52 Å². The largest absolute Gasteiger partial charge is 0.338 e. The van der Waals surface area contributed by atoms with Crippen LogP contribution in [0.2, 0.25) is 0 Å². The van der Waals surface area contributed by atoms with E-state index in [4.69, 9.17) is 4.52 Å². The van der Waals surface area contributed by atoms with E-state index in [-0.39, 0.29) is 11.6 Å². The molecule has 0 unspecified atom stereocenters. The molecule has 0 aromatic carbocycles. The van der Waals surface area contributed by atoms with Crippen molar-refractivity contribution in [2.24, 2.45) is 11.8 Å². The molecule has 0 radical (unpaired) electrons. The highest BCUT2D eigenvalue weighted by molar-refractivity contribution is 7.98. The van der Waals surface area contributed by atoms with Crippen LogP contribution in [0.5, 0.6) is 0 Å². The van der Waals surface area contributed by atoms with Crippen molar-refractivity contribution in [3.05, 3.63) is 11.7 Å². The summed E-state index contributed by atoms with van der Waals surface area (Å²) in [7, 11) is -3.10. The van der Waals surface area contributed by atoms with Gasteiger partial charge in [-0.05, 0) is 30.4 Å². The average Bonchev–Trinajstić information content (AvgIpc) is 2.80. The van der Waals surface area contributed by atoms with Crippen LogP contribution >= 0.6 is 11.8 Å². The van der Waals surface area contributed by atoms with E-state index >= 15 is 0 Å². The Kier molecular flexibility index (Phi) is 6.10. The van der Waals surface area contributed by atoms with Crippen LogP contribution in [0.15, 0.2) is 4.52 Å². The summed E-state index contributed by atoms with van der Waals surface area (Å²) in [5.41, 5.74) is 0. The lowest BCUT2D eigenvalue weighted by Gasteiger charge is -2.26. The maximum atomic E-state index is 11.1. The summed E-state index contributed by atoms with van der Waals surface area (Å²) in [6, 6.07) is 0. The van der Waals surface area contributed by atoms with Gasteiger partial charge in [0.15, 0.2) is 15.7 Å². The quantitative estimate of drug-likeness (QED) is 0.715. The summed E-state index contributed by atoms with van der Waals surface area (Å²) in [5.74, 6) is 4.14. The minimum Gasteiger partial charge on any atom is -0.338 e. The highest BCUT2D eigenvalue weighted by Crippen LogP contribution is 2.31. The maximum Gasteiger partial charge on any atom is 0.236 e. The van der Waals surface area contributed by atoms with Crippen LogP contribution < -0.4 is 0 Å². The highest BCUT2D eigenvalue weighted by Gasteiger charge is 2.18. The molecule has 21 heavy (non-hydrogen) atoms. The van der Waals surface area contributed by atoms with Gasteiger partial charge in [-0.3, -0.25) is 0 Å². The zero-order valence-corrected chi connectivity index (χ0v) is 14.4. The predicted octanol–water partition coefficient (Wildman–Crippen LogP) is 3.06. The summed E-state index contributed by atoms with van der Waals surface area (Å²) in [4.78, 5) is 4.11. The third-order valence-corrected chi connectivity index (χ3v) is 5.60. The smallest absolute Gasteiger partial charge is 0.236 e. The van der Waals surface area contributed by atoms with Crippen LogP contribution in [-0.2, 0) is 21.3 Å². The lowest BCUT2D eigenvalue weighted by molar-refractivity contribution is 0.278. The molecule has 1 aliphatic rings. The molecule has 5 nitrogen and oxygen atoms in total. The summed E-state index contributed by atoms with van der Waals surface area (Å²) in [6.45, 7) is 2.35.